The molecule has 0 radical (unpaired) electrons. The van der Waals surface area contributed by atoms with Crippen LogP contribution in [0.2, 0.25) is 0 Å². The summed E-state index contributed by atoms with van der Waals surface area (Å²) in [5.41, 5.74) is 3.14. The predicted molar refractivity (Wildman–Crippen MR) is 112 cm³/mol. The van der Waals surface area contributed by atoms with Gasteiger partial charge in [0.1, 0.15) is 6.61 Å². The zero-order valence-electron chi connectivity index (χ0n) is 18.4. The summed E-state index contributed by atoms with van der Waals surface area (Å²) in [6.45, 7) is 12.5. The summed E-state index contributed by atoms with van der Waals surface area (Å²) in [7, 11) is 0. The van der Waals surface area contributed by atoms with Crippen LogP contribution in [0.25, 0.3) is 0 Å². The Balaban J connectivity index is 1.66. The second-order valence-electron chi connectivity index (χ2n) is 11.3. The van der Waals surface area contributed by atoms with E-state index < -0.39 is 6.10 Å². The minimum Gasteiger partial charge on any atom is -0.458 e. The first kappa shape index (κ1) is 20.2. The number of ether oxygens (including phenoxy) is 1. The lowest BCUT2D eigenvalue weighted by molar-refractivity contribution is -0.135. The molecule has 3 aliphatic carbocycles. The lowest BCUT2D eigenvalue weighted by Crippen LogP contribution is -2.53. The Hall–Kier alpha value is -1.09. The van der Waals surface area contributed by atoms with Gasteiger partial charge in [0.25, 0.3) is 0 Å². The molecule has 6 atom stereocenters. The van der Waals surface area contributed by atoms with Crippen LogP contribution in [-0.2, 0) is 9.53 Å². The smallest absolute Gasteiger partial charge is 0.331 e. The minimum absolute atomic E-state index is 0.00954. The Morgan fingerprint density at radius 1 is 1.21 bits per heavy atom. The fraction of sp³-hybridized carbons (Fsp3) is 0.800. The van der Waals surface area contributed by atoms with Crippen molar-refractivity contribution >= 4 is 5.97 Å². The molecule has 2 saturated carbocycles. The highest BCUT2D eigenvalue weighted by molar-refractivity contribution is 5.85. The van der Waals surface area contributed by atoms with Crippen LogP contribution in [0.15, 0.2) is 23.3 Å². The Morgan fingerprint density at radius 3 is 2.64 bits per heavy atom. The maximum atomic E-state index is 11.5. The molecule has 28 heavy (non-hydrogen) atoms. The van der Waals surface area contributed by atoms with Crippen LogP contribution in [0.1, 0.15) is 79.6 Å². The predicted octanol–water partition coefficient (Wildman–Crippen LogP) is 5.44. The number of esters is 1. The zero-order valence-corrected chi connectivity index (χ0v) is 18.4. The molecule has 1 heterocycles. The molecule has 0 unspecified atom stereocenters. The lowest BCUT2D eigenvalue weighted by Gasteiger charge is -2.61. The van der Waals surface area contributed by atoms with E-state index in [2.05, 4.69) is 40.7 Å². The van der Waals surface area contributed by atoms with Gasteiger partial charge in [0, 0.05) is 11.6 Å². The molecule has 0 saturated heterocycles. The number of carbonyl (C=O) groups is 1. The average Bonchev–Trinajstić information content (AvgIpc) is 3.04. The molecule has 4 rings (SSSR count). The summed E-state index contributed by atoms with van der Waals surface area (Å²) in [5, 5.41) is 10.9. The maximum Gasteiger partial charge on any atom is 0.331 e. The normalized spacial score (nSPS) is 43.4. The van der Waals surface area contributed by atoms with Crippen molar-refractivity contribution in [2.75, 3.05) is 6.61 Å². The van der Waals surface area contributed by atoms with Crippen LogP contribution in [0.3, 0.4) is 0 Å². The van der Waals surface area contributed by atoms with Crippen LogP contribution < -0.4 is 0 Å². The highest BCUT2D eigenvalue weighted by Crippen LogP contribution is 2.66. The number of hydrogen-bond donors (Lipinski definition) is 1. The molecule has 3 heteroatoms. The maximum absolute atomic E-state index is 11.5. The van der Waals surface area contributed by atoms with Gasteiger partial charge in [-0.25, -0.2) is 4.79 Å². The van der Waals surface area contributed by atoms with E-state index in [1.165, 1.54) is 44.6 Å². The van der Waals surface area contributed by atoms with E-state index >= 15 is 0 Å². The number of rotatable bonds is 3. The van der Waals surface area contributed by atoms with Gasteiger partial charge in [0.2, 0.25) is 0 Å². The molecule has 0 aromatic carbocycles. The van der Waals surface area contributed by atoms with Crippen molar-refractivity contribution in [1.29, 1.82) is 0 Å². The van der Waals surface area contributed by atoms with Crippen molar-refractivity contribution in [3.8, 4) is 0 Å². The molecule has 0 spiro atoms. The number of cyclic esters (lactones) is 1. The number of aliphatic hydroxyl groups is 1. The summed E-state index contributed by atoms with van der Waals surface area (Å²) in [6.07, 6.45) is 11.9. The second kappa shape index (κ2) is 6.72. The van der Waals surface area contributed by atoms with E-state index in [9.17, 15) is 9.90 Å². The average molecular weight is 387 g/mol. The third kappa shape index (κ3) is 3.00. The Bertz CT molecular complexity index is 717. The Kier molecular flexibility index (Phi) is 4.85. The van der Waals surface area contributed by atoms with Gasteiger partial charge in [-0.2, -0.15) is 0 Å². The fourth-order valence-corrected chi connectivity index (χ4v) is 7.48. The molecule has 3 nitrogen and oxygen atoms in total. The highest BCUT2D eigenvalue weighted by Gasteiger charge is 2.57. The summed E-state index contributed by atoms with van der Waals surface area (Å²) < 4.78 is 5.05. The molecular weight excluding hydrogens is 348 g/mol. The van der Waals surface area contributed by atoms with Gasteiger partial charge in [0.15, 0.2) is 0 Å². The highest BCUT2D eigenvalue weighted by atomic mass is 16.5. The third-order valence-corrected chi connectivity index (χ3v) is 9.39. The summed E-state index contributed by atoms with van der Waals surface area (Å²) in [6, 6.07) is 0. The van der Waals surface area contributed by atoms with E-state index in [-0.39, 0.29) is 18.0 Å². The van der Waals surface area contributed by atoms with Crippen LogP contribution in [0, 0.1) is 34.0 Å². The molecular formula is C25H38O3. The largest absolute Gasteiger partial charge is 0.458 e. The third-order valence-electron chi connectivity index (χ3n) is 9.39. The van der Waals surface area contributed by atoms with Crippen LogP contribution in [0.5, 0.6) is 0 Å². The number of carbonyl (C=O) groups excluding carboxylic acids is 1. The second-order valence-corrected chi connectivity index (χ2v) is 11.3. The summed E-state index contributed by atoms with van der Waals surface area (Å²) >= 11 is 0. The van der Waals surface area contributed by atoms with E-state index in [4.69, 9.17) is 4.74 Å². The van der Waals surface area contributed by atoms with Crippen LogP contribution in [-0.4, -0.2) is 23.8 Å². The zero-order chi connectivity index (χ0) is 20.3. The van der Waals surface area contributed by atoms with E-state index in [0.717, 1.165) is 11.5 Å². The number of allylic oxidation sites excluding steroid dienone is 2. The van der Waals surface area contributed by atoms with Crippen molar-refractivity contribution in [3.05, 3.63) is 23.3 Å². The van der Waals surface area contributed by atoms with Crippen molar-refractivity contribution in [1.82, 2.24) is 0 Å². The van der Waals surface area contributed by atoms with E-state index in [0.29, 0.717) is 29.1 Å². The Morgan fingerprint density at radius 2 is 1.96 bits per heavy atom. The van der Waals surface area contributed by atoms with E-state index in [1.54, 1.807) is 5.57 Å². The molecule has 2 fully saturated rings. The number of hydrogen-bond acceptors (Lipinski definition) is 3. The standard InChI is InChI=1S/C25H38O3/c1-16-7-8-18-19(9-10-21-23(2,3)11-6-12-24(18,21)4)25(16,5)14-20(26)17-13-22(27)28-15-17/h9,13,16,18,20-21,26H,6-8,10-12,14-15H2,1-5H3/t16-,18-,20-,21+,24+,25-/m1/s1. The van der Waals surface area contributed by atoms with Gasteiger partial charge in [0.05, 0.1) is 6.10 Å². The fourth-order valence-electron chi connectivity index (χ4n) is 7.48. The first-order valence-electron chi connectivity index (χ1n) is 11.3. The molecule has 1 N–H and O–H groups in total. The lowest BCUT2D eigenvalue weighted by atomic mass is 9.43. The van der Waals surface area contributed by atoms with Gasteiger partial charge >= 0.3 is 5.97 Å². The first-order chi connectivity index (χ1) is 13.1. The van der Waals surface area contributed by atoms with E-state index in [1.807, 2.05) is 0 Å². The summed E-state index contributed by atoms with van der Waals surface area (Å²) in [5.74, 6) is 1.62. The van der Waals surface area contributed by atoms with Gasteiger partial charge in [-0.05, 0) is 72.5 Å². The molecule has 4 aliphatic rings. The van der Waals surface area contributed by atoms with Gasteiger partial charge in [-0.15, -0.1) is 0 Å². The number of aliphatic hydroxyl groups excluding tert-OH is 1. The molecule has 0 amide bonds. The van der Waals surface area contributed by atoms with Crippen molar-refractivity contribution in [3.63, 3.8) is 0 Å². The molecule has 1 aliphatic heterocycles. The molecule has 0 aromatic heterocycles. The Labute approximate surface area is 170 Å². The van der Waals surface area contributed by atoms with Crippen molar-refractivity contribution < 1.29 is 14.6 Å². The minimum atomic E-state index is -0.591. The SMILES string of the molecule is C[C@@H]1CC[C@@H]2C(=CC[C@H]3C(C)(C)CCC[C@@]23C)[C@]1(C)C[C@@H](O)C1=CC(=O)OC1. The topological polar surface area (TPSA) is 46.5 Å². The van der Waals surface area contributed by atoms with Crippen molar-refractivity contribution in [2.45, 2.75) is 85.7 Å². The quantitative estimate of drug-likeness (QED) is 0.519. The van der Waals surface area contributed by atoms with Crippen molar-refractivity contribution in [2.24, 2.45) is 34.0 Å². The van der Waals surface area contributed by atoms with Gasteiger partial charge in [-0.3, -0.25) is 0 Å². The molecule has 0 aromatic rings. The molecule has 156 valence electrons. The van der Waals surface area contributed by atoms with Crippen LogP contribution >= 0.6 is 0 Å². The molecule has 0 bridgehead atoms. The first-order valence-corrected chi connectivity index (χ1v) is 11.3. The van der Waals surface area contributed by atoms with Crippen LogP contribution in [0.4, 0.5) is 0 Å². The summed E-state index contributed by atoms with van der Waals surface area (Å²) in [4.78, 5) is 11.5. The van der Waals surface area contributed by atoms with Gasteiger partial charge in [-0.1, -0.05) is 52.7 Å². The monoisotopic (exact) mass is 386 g/mol. The van der Waals surface area contributed by atoms with Gasteiger partial charge < -0.3 is 9.84 Å². The number of fused-ring (bicyclic) bond motifs is 3.